The van der Waals surface area contributed by atoms with Gasteiger partial charge in [0.15, 0.2) is 0 Å². The average molecular weight is 302 g/mol. The van der Waals surface area contributed by atoms with Crippen molar-refractivity contribution in [1.82, 2.24) is 0 Å². The van der Waals surface area contributed by atoms with Gasteiger partial charge in [-0.2, -0.15) is 0 Å². The summed E-state index contributed by atoms with van der Waals surface area (Å²) in [5, 5.41) is 0. The molecule has 0 aliphatic rings. The second-order valence-electron chi connectivity index (χ2n) is 6.38. The lowest BCUT2D eigenvalue weighted by atomic mass is 9.98. The summed E-state index contributed by atoms with van der Waals surface area (Å²) >= 11 is 0. The maximum atomic E-state index is 11.2. The summed E-state index contributed by atoms with van der Waals surface area (Å²) in [6, 6.07) is 7.72. The summed E-state index contributed by atoms with van der Waals surface area (Å²) in [7, 11) is 1.36. The standard InChI is InChI=1S/C14H24NO4P/c1-11(2)12-7-6-8-13(9-12)14(10-15(3,4)5)19-20(16,17)18/h6-9,11,14H,10H2,1-5H3,(H-,16,17,18)/p+1. The van der Waals surface area contributed by atoms with Crippen LogP contribution in [0.15, 0.2) is 24.3 Å². The van der Waals surface area contributed by atoms with Crippen molar-refractivity contribution < 1.29 is 23.4 Å². The van der Waals surface area contributed by atoms with Crippen molar-refractivity contribution in [2.24, 2.45) is 0 Å². The highest BCUT2D eigenvalue weighted by atomic mass is 31.2. The fourth-order valence-electron chi connectivity index (χ4n) is 1.98. The molecule has 20 heavy (non-hydrogen) atoms. The average Bonchev–Trinajstić information content (AvgIpc) is 2.24. The minimum atomic E-state index is -4.52. The highest BCUT2D eigenvalue weighted by Crippen LogP contribution is 2.43. The molecule has 0 saturated heterocycles. The Hall–Kier alpha value is -0.710. The summed E-state index contributed by atoms with van der Waals surface area (Å²) in [6.45, 7) is 4.64. The van der Waals surface area contributed by atoms with E-state index in [0.717, 1.165) is 11.1 Å². The van der Waals surface area contributed by atoms with Gasteiger partial charge in [-0.1, -0.05) is 38.1 Å². The van der Waals surface area contributed by atoms with Crippen molar-refractivity contribution in [1.29, 1.82) is 0 Å². The van der Waals surface area contributed by atoms with Crippen LogP contribution in [0.1, 0.15) is 37.0 Å². The van der Waals surface area contributed by atoms with Gasteiger partial charge < -0.3 is 14.3 Å². The Morgan fingerprint density at radius 2 is 1.75 bits per heavy atom. The van der Waals surface area contributed by atoms with Crippen LogP contribution in [0.3, 0.4) is 0 Å². The molecule has 0 spiro atoms. The first-order valence-electron chi connectivity index (χ1n) is 6.62. The lowest BCUT2D eigenvalue weighted by Crippen LogP contribution is -2.39. The van der Waals surface area contributed by atoms with Crippen LogP contribution in [0.2, 0.25) is 0 Å². The molecule has 2 N–H and O–H groups in total. The fraction of sp³-hybridized carbons (Fsp3) is 0.571. The molecule has 0 aromatic heterocycles. The van der Waals surface area contributed by atoms with Gasteiger partial charge in [0.05, 0.1) is 21.1 Å². The molecule has 1 rings (SSSR count). The molecule has 0 fully saturated rings. The molecule has 0 radical (unpaired) electrons. The van der Waals surface area contributed by atoms with E-state index in [9.17, 15) is 4.57 Å². The minimum Gasteiger partial charge on any atom is -0.328 e. The van der Waals surface area contributed by atoms with Gasteiger partial charge >= 0.3 is 7.82 Å². The summed E-state index contributed by atoms with van der Waals surface area (Å²) < 4.78 is 16.7. The van der Waals surface area contributed by atoms with Crippen molar-refractivity contribution in [3.05, 3.63) is 35.4 Å². The number of benzene rings is 1. The quantitative estimate of drug-likeness (QED) is 0.626. The molecule has 1 aromatic carbocycles. The molecule has 0 bridgehead atoms. The number of hydrogen-bond acceptors (Lipinski definition) is 2. The number of likely N-dealkylation sites (N-methyl/N-ethyl adjacent to an activating group) is 1. The van der Waals surface area contributed by atoms with Gasteiger partial charge in [0, 0.05) is 0 Å². The van der Waals surface area contributed by atoms with Crippen LogP contribution < -0.4 is 0 Å². The highest BCUT2D eigenvalue weighted by Gasteiger charge is 2.28. The molecule has 1 atom stereocenters. The number of nitrogens with zero attached hydrogens (tertiary/aromatic N) is 1. The summed E-state index contributed by atoms with van der Waals surface area (Å²) in [6.07, 6.45) is -0.630. The number of rotatable bonds is 6. The molecule has 0 heterocycles. The van der Waals surface area contributed by atoms with Crippen LogP contribution in [0.25, 0.3) is 0 Å². The molecule has 5 nitrogen and oxygen atoms in total. The van der Waals surface area contributed by atoms with E-state index >= 15 is 0 Å². The van der Waals surface area contributed by atoms with Crippen molar-refractivity contribution >= 4 is 7.82 Å². The fourth-order valence-corrected chi connectivity index (χ4v) is 2.50. The van der Waals surface area contributed by atoms with Crippen molar-refractivity contribution in [2.75, 3.05) is 27.7 Å². The lowest BCUT2D eigenvalue weighted by molar-refractivity contribution is -0.874. The first-order valence-corrected chi connectivity index (χ1v) is 8.15. The number of quaternary nitrogens is 1. The van der Waals surface area contributed by atoms with E-state index in [0.29, 0.717) is 16.9 Å². The number of phosphoric acid groups is 1. The third-order valence-corrected chi connectivity index (χ3v) is 3.46. The molecular weight excluding hydrogens is 277 g/mol. The molecule has 0 aliphatic carbocycles. The Morgan fingerprint density at radius 3 is 2.20 bits per heavy atom. The second kappa shape index (κ2) is 6.37. The smallest absolute Gasteiger partial charge is 0.328 e. The van der Waals surface area contributed by atoms with E-state index in [-0.39, 0.29) is 0 Å². The topological polar surface area (TPSA) is 66.8 Å². The molecule has 6 heteroatoms. The third kappa shape index (κ3) is 6.16. The zero-order valence-corrected chi connectivity index (χ0v) is 13.7. The minimum absolute atomic E-state index is 0.356. The maximum absolute atomic E-state index is 11.2. The van der Waals surface area contributed by atoms with E-state index in [1.165, 1.54) is 0 Å². The predicted octanol–water partition coefficient (Wildman–Crippen LogP) is 2.67. The number of hydrogen-bond donors (Lipinski definition) is 2. The van der Waals surface area contributed by atoms with Gasteiger partial charge in [-0.05, 0) is 17.0 Å². The highest BCUT2D eigenvalue weighted by molar-refractivity contribution is 7.46. The van der Waals surface area contributed by atoms with Crippen LogP contribution in [-0.4, -0.2) is 42.0 Å². The molecular formula is C14H25NO4P+. The molecule has 0 amide bonds. The lowest BCUT2D eigenvalue weighted by Gasteiger charge is -2.29. The summed E-state index contributed by atoms with van der Waals surface area (Å²) in [4.78, 5) is 18.2. The van der Waals surface area contributed by atoms with E-state index in [2.05, 4.69) is 13.8 Å². The van der Waals surface area contributed by atoms with Crippen molar-refractivity contribution in [3.8, 4) is 0 Å². The molecule has 0 aliphatic heterocycles. The van der Waals surface area contributed by atoms with Crippen molar-refractivity contribution in [2.45, 2.75) is 25.9 Å². The van der Waals surface area contributed by atoms with Gasteiger partial charge in [0.1, 0.15) is 12.6 Å². The maximum Gasteiger partial charge on any atom is 0.470 e. The summed E-state index contributed by atoms with van der Waals surface area (Å²) in [5.41, 5.74) is 1.93. The van der Waals surface area contributed by atoms with Crippen molar-refractivity contribution in [3.63, 3.8) is 0 Å². The first-order chi connectivity index (χ1) is 8.98. The molecule has 1 aromatic rings. The SMILES string of the molecule is CC(C)c1cccc(C(C[N+](C)(C)C)OP(=O)(O)O)c1. The van der Waals surface area contributed by atoms with Crippen LogP contribution in [0.4, 0.5) is 0 Å². The van der Waals surface area contributed by atoms with Crippen LogP contribution in [0.5, 0.6) is 0 Å². The van der Waals surface area contributed by atoms with E-state index < -0.39 is 13.9 Å². The third-order valence-electron chi connectivity index (χ3n) is 2.93. The van der Waals surface area contributed by atoms with Gasteiger partial charge in [0.25, 0.3) is 0 Å². The van der Waals surface area contributed by atoms with Crippen LogP contribution >= 0.6 is 7.82 Å². The Morgan fingerprint density at radius 1 is 1.20 bits per heavy atom. The van der Waals surface area contributed by atoms with Gasteiger partial charge in [-0.15, -0.1) is 0 Å². The van der Waals surface area contributed by atoms with Crippen LogP contribution in [-0.2, 0) is 9.09 Å². The second-order valence-corrected chi connectivity index (χ2v) is 7.57. The van der Waals surface area contributed by atoms with Gasteiger partial charge in [0.2, 0.25) is 0 Å². The monoisotopic (exact) mass is 302 g/mol. The van der Waals surface area contributed by atoms with Gasteiger partial charge in [-0.3, -0.25) is 4.52 Å². The Kier molecular flexibility index (Phi) is 5.53. The molecule has 0 saturated carbocycles. The zero-order valence-electron chi connectivity index (χ0n) is 12.8. The normalized spacial score (nSPS) is 14.6. The van der Waals surface area contributed by atoms with Gasteiger partial charge in [-0.25, -0.2) is 4.57 Å². The molecule has 114 valence electrons. The van der Waals surface area contributed by atoms with E-state index in [1.54, 1.807) is 0 Å². The largest absolute Gasteiger partial charge is 0.470 e. The predicted molar refractivity (Wildman–Crippen MR) is 79.3 cm³/mol. The number of phosphoric ester groups is 1. The Labute approximate surface area is 121 Å². The zero-order chi connectivity index (χ0) is 15.6. The summed E-state index contributed by atoms with van der Waals surface area (Å²) in [5.74, 6) is 0.356. The first kappa shape index (κ1) is 17.3. The van der Waals surface area contributed by atoms with E-state index in [1.807, 2.05) is 45.4 Å². The Bertz CT molecular complexity index is 490. The van der Waals surface area contributed by atoms with E-state index in [4.69, 9.17) is 14.3 Å². The van der Waals surface area contributed by atoms with Crippen LogP contribution in [0, 0.1) is 0 Å². The Balaban J connectivity index is 3.09. The molecule has 1 unspecified atom stereocenters.